The van der Waals surface area contributed by atoms with Gasteiger partial charge in [-0.25, -0.2) is 0 Å². The molecule has 0 unspecified atom stereocenters. The molecule has 65 heavy (non-hydrogen) atoms. The molecule has 4 N–H and O–H groups in total. The van der Waals surface area contributed by atoms with Crippen LogP contribution in [0.15, 0.2) is 0 Å². The van der Waals surface area contributed by atoms with Crippen molar-refractivity contribution in [3.63, 3.8) is 0 Å². The second-order valence-corrected chi connectivity index (χ2v) is 19.9. The van der Waals surface area contributed by atoms with E-state index in [9.17, 15) is 0 Å². The number of hydrogen-bond donors (Lipinski definition) is 4. The van der Waals surface area contributed by atoms with Gasteiger partial charge in [0.15, 0.2) is 0 Å². The molecule has 0 aliphatic heterocycles. The number of rotatable bonds is 52. The maximum Gasteiger partial charge on any atom is 0.0431 e. The monoisotopic (exact) mass is 961 g/mol. The fourth-order valence-electron chi connectivity index (χ4n) is 8.52. The van der Waals surface area contributed by atoms with Crippen molar-refractivity contribution in [3.8, 4) is 0 Å². The normalized spacial score (nSPS) is 10.7. The Morgan fingerprint density at radius 1 is 0.138 bits per heavy atom. The fourth-order valence-corrected chi connectivity index (χ4v) is 8.52. The van der Waals surface area contributed by atoms with Gasteiger partial charge in [-0.2, -0.15) is 0 Å². The molecule has 0 aromatic heterocycles. The quantitative estimate of drug-likeness (QED) is 0.0362. The van der Waals surface area contributed by atoms with Gasteiger partial charge >= 0.3 is 0 Å². The largest absolute Gasteiger partial charge is 0.396 e. The first-order chi connectivity index (χ1) is 31.7. The predicted octanol–water partition coefficient (Wildman–Crippen LogP) is 20.3. The van der Waals surface area contributed by atoms with Gasteiger partial charge < -0.3 is 20.4 Å². The predicted molar refractivity (Wildman–Crippen MR) is 291 cm³/mol. The SMILES string of the molecule is CCCCCCCCCCCCCCCO.CCCCCCCCCCCCCCCO.CCCCCCCCCCCCCCCO.CCCCCCCCCCCCCCCO.[Ti]. The van der Waals surface area contributed by atoms with Crippen molar-refractivity contribution in [1.82, 2.24) is 0 Å². The second-order valence-electron chi connectivity index (χ2n) is 19.9. The average Bonchev–Trinajstić information content (AvgIpc) is 3.31. The first-order valence-corrected chi connectivity index (χ1v) is 30.1. The Hall–Kier alpha value is 0.554. The third-order valence-corrected chi connectivity index (χ3v) is 13.0. The summed E-state index contributed by atoms with van der Waals surface area (Å²) in [4.78, 5) is 0. The van der Waals surface area contributed by atoms with Crippen LogP contribution in [0.25, 0.3) is 0 Å². The van der Waals surface area contributed by atoms with E-state index in [1.807, 2.05) is 0 Å². The third-order valence-electron chi connectivity index (χ3n) is 13.0. The molecule has 0 aromatic rings. The Kier molecular flexibility index (Phi) is 93.4. The zero-order valence-corrected chi connectivity index (χ0v) is 47.4. The van der Waals surface area contributed by atoms with Crippen LogP contribution in [0.4, 0.5) is 0 Å². The van der Waals surface area contributed by atoms with Gasteiger partial charge in [0.05, 0.1) is 0 Å². The molecule has 396 valence electrons. The van der Waals surface area contributed by atoms with E-state index >= 15 is 0 Å². The van der Waals surface area contributed by atoms with Gasteiger partial charge in [-0.15, -0.1) is 0 Å². The summed E-state index contributed by atoms with van der Waals surface area (Å²) < 4.78 is 0. The van der Waals surface area contributed by atoms with Crippen LogP contribution in [-0.2, 0) is 21.7 Å². The van der Waals surface area contributed by atoms with Crippen LogP contribution >= 0.6 is 0 Å². The summed E-state index contributed by atoms with van der Waals surface area (Å²) in [7, 11) is 0. The van der Waals surface area contributed by atoms with Gasteiger partial charge in [-0.3, -0.25) is 0 Å². The van der Waals surface area contributed by atoms with E-state index in [-0.39, 0.29) is 21.7 Å². The number of aliphatic hydroxyl groups excluding tert-OH is 4. The molecule has 0 aliphatic carbocycles. The maximum absolute atomic E-state index is 8.63. The molecule has 0 aromatic carbocycles. The molecular formula is C60H128O4Ti. The molecule has 0 amide bonds. The van der Waals surface area contributed by atoms with Gasteiger partial charge in [0, 0.05) is 48.1 Å². The zero-order chi connectivity index (χ0) is 47.6. The first-order valence-electron chi connectivity index (χ1n) is 30.1. The smallest absolute Gasteiger partial charge is 0.0431 e. The number of hydrogen-bond acceptors (Lipinski definition) is 4. The van der Waals surface area contributed by atoms with E-state index in [4.69, 9.17) is 20.4 Å². The molecule has 0 fully saturated rings. The molecule has 0 saturated carbocycles. The van der Waals surface area contributed by atoms with E-state index in [1.165, 1.54) is 308 Å². The molecule has 4 nitrogen and oxygen atoms in total. The summed E-state index contributed by atoms with van der Waals surface area (Å²) in [6, 6.07) is 0. The average molecular weight is 962 g/mol. The maximum atomic E-state index is 8.63. The summed E-state index contributed by atoms with van der Waals surface area (Å²) in [5.74, 6) is 0. The van der Waals surface area contributed by atoms with Crippen molar-refractivity contribution in [2.75, 3.05) is 26.4 Å². The molecule has 0 spiro atoms. The molecule has 0 radical (unpaired) electrons. The minimum atomic E-state index is 0. The molecule has 0 saturated heterocycles. The van der Waals surface area contributed by atoms with Crippen molar-refractivity contribution >= 4 is 0 Å². The topological polar surface area (TPSA) is 80.9 Å². The van der Waals surface area contributed by atoms with Gasteiger partial charge in [-0.1, -0.05) is 336 Å². The Morgan fingerprint density at radius 3 is 0.292 bits per heavy atom. The summed E-state index contributed by atoms with van der Waals surface area (Å²) >= 11 is 0. The molecule has 0 rings (SSSR count). The van der Waals surface area contributed by atoms with E-state index in [2.05, 4.69) is 27.7 Å². The Balaban J connectivity index is -0.000000245. The van der Waals surface area contributed by atoms with Crippen molar-refractivity contribution in [1.29, 1.82) is 0 Å². The van der Waals surface area contributed by atoms with Crippen LogP contribution in [0, 0.1) is 0 Å². The minimum Gasteiger partial charge on any atom is -0.396 e. The third kappa shape index (κ3) is 91.5. The van der Waals surface area contributed by atoms with Gasteiger partial charge in [-0.05, 0) is 25.7 Å². The van der Waals surface area contributed by atoms with E-state index in [0.717, 1.165) is 25.7 Å². The van der Waals surface area contributed by atoms with Crippen LogP contribution in [0.2, 0.25) is 0 Å². The fraction of sp³-hybridized carbons (Fsp3) is 1.00. The van der Waals surface area contributed by atoms with E-state index < -0.39 is 0 Å². The van der Waals surface area contributed by atoms with Crippen LogP contribution in [-0.4, -0.2) is 46.9 Å². The Morgan fingerprint density at radius 2 is 0.215 bits per heavy atom. The van der Waals surface area contributed by atoms with Crippen LogP contribution in [0.5, 0.6) is 0 Å². The van der Waals surface area contributed by atoms with Crippen molar-refractivity contribution in [3.05, 3.63) is 0 Å². The first kappa shape index (κ1) is 74.5. The van der Waals surface area contributed by atoms with E-state index in [1.54, 1.807) is 0 Å². The minimum absolute atomic E-state index is 0. The number of unbranched alkanes of at least 4 members (excludes halogenated alkanes) is 48. The van der Waals surface area contributed by atoms with Crippen molar-refractivity contribution in [2.24, 2.45) is 0 Å². The molecule has 0 aliphatic rings. The Labute approximate surface area is 427 Å². The summed E-state index contributed by atoms with van der Waals surface area (Å²) in [5.41, 5.74) is 0. The van der Waals surface area contributed by atoms with Crippen molar-refractivity contribution < 1.29 is 42.1 Å². The van der Waals surface area contributed by atoms with Gasteiger partial charge in [0.1, 0.15) is 0 Å². The Bertz CT molecular complexity index is 511. The van der Waals surface area contributed by atoms with Crippen LogP contribution < -0.4 is 0 Å². The molecule has 5 heteroatoms. The molecule has 0 atom stereocenters. The summed E-state index contributed by atoms with van der Waals surface area (Å²) in [6.45, 7) is 10.6. The van der Waals surface area contributed by atoms with Crippen LogP contribution in [0.3, 0.4) is 0 Å². The molecule has 0 bridgehead atoms. The molecular weight excluding hydrogens is 833 g/mol. The van der Waals surface area contributed by atoms with Crippen LogP contribution in [0.1, 0.15) is 362 Å². The second kappa shape index (κ2) is 81.5. The zero-order valence-electron chi connectivity index (χ0n) is 45.9. The van der Waals surface area contributed by atoms with Gasteiger partial charge in [0.25, 0.3) is 0 Å². The standard InChI is InChI=1S/4C15H32O.Ti/c4*1-2-3-4-5-6-7-8-9-10-11-12-13-14-15-16;/h4*16H,2-15H2,1H3;. The summed E-state index contributed by atoms with van der Waals surface area (Å²) in [5, 5.41) is 34.5. The van der Waals surface area contributed by atoms with Gasteiger partial charge in [0.2, 0.25) is 0 Å². The van der Waals surface area contributed by atoms with E-state index in [0.29, 0.717) is 26.4 Å². The number of aliphatic hydroxyl groups is 4. The summed E-state index contributed by atoms with van der Waals surface area (Å²) in [6.07, 6.45) is 70.9. The van der Waals surface area contributed by atoms with Crippen molar-refractivity contribution in [2.45, 2.75) is 362 Å². The molecule has 0 heterocycles.